The summed E-state index contributed by atoms with van der Waals surface area (Å²) in [5.74, 6) is 2.94. The van der Waals surface area contributed by atoms with Gasteiger partial charge in [-0.05, 0) is 18.1 Å². The largest absolute Gasteiger partial charge is 0.480 e. The van der Waals surface area contributed by atoms with Crippen molar-refractivity contribution >= 4 is 11.8 Å². The highest BCUT2D eigenvalue weighted by Crippen LogP contribution is 2.39. The van der Waals surface area contributed by atoms with E-state index in [4.69, 9.17) is 15.0 Å². The Bertz CT molecular complexity index is 600. The van der Waals surface area contributed by atoms with Crippen molar-refractivity contribution in [2.45, 2.75) is 30.9 Å². The van der Waals surface area contributed by atoms with Crippen LogP contribution in [-0.2, 0) is 0 Å². The average molecular weight is 291 g/mol. The minimum absolute atomic E-state index is 0.188. The lowest BCUT2D eigenvalue weighted by Crippen LogP contribution is -2.18. The van der Waals surface area contributed by atoms with Crippen molar-refractivity contribution in [1.29, 1.82) is 0 Å². The second kappa shape index (κ2) is 5.46. The van der Waals surface area contributed by atoms with Gasteiger partial charge in [0.1, 0.15) is 5.75 Å². The summed E-state index contributed by atoms with van der Waals surface area (Å²) in [5, 5.41) is 4.01. The SMILES string of the molecule is CC(C)C(N)c1nc(C2CSc3ccccc3O2)no1. The Morgan fingerprint density at radius 3 is 2.95 bits per heavy atom. The molecule has 0 aliphatic carbocycles. The smallest absolute Gasteiger partial charge is 0.243 e. The Balaban J connectivity index is 1.78. The molecule has 6 heteroatoms. The minimum Gasteiger partial charge on any atom is -0.480 e. The number of para-hydroxylation sites is 1. The van der Waals surface area contributed by atoms with Crippen molar-refractivity contribution in [3.05, 3.63) is 36.0 Å². The van der Waals surface area contributed by atoms with E-state index < -0.39 is 0 Å². The molecule has 5 nitrogen and oxygen atoms in total. The molecule has 20 heavy (non-hydrogen) atoms. The van der Waals surface area contributed by atoms with Crippen LogP contribution in [0.2, 0.25) is 0 Å². The summed E-state index contributed by atoms with van der Waals surface area (Å²) >= 11 is 1.74. The fraction of sp³-hybridized carbons (Fsp3) is 0.429. The van der Waals surface area contributed by atoms with Crippen molar-refractivity contribution in [3.63, 3.8) is 0 Å². The third-order valence-electron chi connectivity index (χ3n) is 3.26. The molecule has 1 aliphatic rings. The maximum absolute atomic E-state index is 6.01. The van der Waals surface area contributed by atoms with Gasteiger partial charge in [0.2, 0.25) is 11.7 Å². The molecule has 0 radical (unpaired) electrons. The molecule has 0 amide bonds. The van der Waals surface area contributed by atoms with Crippen LogP contribution in [0.25, 0.3) is 0 Å². The zero-order chi connectivity index (χ0) is 14.1. The molecule has 1 aromatic carbocycles. The summed E-state index contributed by atoms with van der Waals surface area (Å²) < 4.78 is 11.2. The van der Waals surface area contributed by atoms with E-state index in [-0.39, 0.29) is 18.1 Å². The predicted molar refractivity (Wildman–Crippen MR) is 76.6 cm³/mol. The summed E-state index contributed by atoms with van der Waals surface area (Å²) in [6.45, 7) is 4.05. The summed E-state index contributed by atoms with van der Waals surface area (Å²) in [6.07, 6.45) is -0.188. The zero-order valence-electron chi connectivity index (χ0n) is 11.4. The Hall–Kier alpha value is -1.53. The first-order valence-corrected chi connectivity index (χ1v) is 7.61. The van der Waals surface area contributed by atoms with Crippen LogP contribution in [0.3, 0.4) is 0 Å². The van der Waals surface area contributed by atoms with Crippen LogP contribution in [0.15, 0.2) is 33.7 Å². The van der Waals surface area contributed by atoms with E-state index in [0.29, 0.717) is 11.7 Å². The van der Waals surface area contributed by atoms with Crippen molar-refractivity contribution in [3.8, 4) is 5.75 Å². The molecular weight excluding hydrogens is 274 g/mol. The highest BCUT2D eigenvalue weighted by atomic mass is 32.2. The summed E-state index contributed by atoms with van der Waals surface area (Å²) in [5.41, 5.74) is 6.01. The number of nitrogens with zero attached hydrogens (tertiary/aromatic N) is 2. The lowest BCUT2D eigenvalue weighted by atomic mass is 10.1. The molecule has 1 aromatic heterocycles. The van der Waals surface area contributed by atoms with Crippen LogP contribution in [-0.4, -0.2) is 15.9 Å². The van der Waals surface area contributed by atoms with E-state index in [1.54, 1.807) is 11.8 Å². The number of thioether (sulfide) groups is 1. The third kappa shape index (κ3) is 2.53. The molecule has 2 heterocycles. The first-order valence-electron chi connectivity index (χ1n) is 6.62. The molecule has 2 unspecified atom stereocenters. The minimum atomic E-state index is -0.236. The molecule has 0 saturated carbocycles. The number of benzene rings is 1. The molecule has 1 aliphatic heterocycles. The standard InChI is InChI=1S/C14H17N3O2S/c1-8(2)12(15)14-16-13(17-19-14)10-7-20-11-6-4-3-5-9(11)18-10/h3-6,8,10,12H,7,15H2,1-2H3. The molecule has 2 N–H and O–H groups in total. The van der Waals surface area contributed by atoms with Gasteiger partial charge in [-0.2, -0.15) is 4.98 Å². The van der Waals surface area contributed by atoms with Crippen LogP contribution in [0.4, 0.5) is 0 Å². The van der Waals surface area contributed by atoms with E-state index in [1.807, 2.05) is 38.1 Å². The van der Waals surface area contributed by atoms with Crippen molar-refractivity contribution in [1.82, 2.24) is 10.1 Å². The Labute approximate surface area is 121 Å². The monoisotopic (exact) mass is 291 g/mol. The fourth-order valence-corrected chi connectivity index (χ4v) is 2.93. The number of rotatable bonds is 3. The highest BCUT2D eigenvalue weighted by molar-refractivity contribution is 7.99. The third-order valence-corrected chi connectivity index (χ3v) is 4.38. The molecule has 0 bridgehead atoms. The first kappa shape index (κ1) is 13.5. The van der Waals surface area contributed by atoms with Crippen LogP contribution in [0.1, 0.15) is 37.7 Å². The van der Waals surface area contributed by atoms with Gasteiger partial charge in [-0.3, -0.25) is 0 Å². The van der Waals surface area contributed by atoms with E-state index in [2.05, 4.69) is 10.1 Å². The Morgan fingerprint density at radius 2 is 2.15 bits per heavy atom. The first-order chi connectivity index (χ1) is 9.65. The highest BCUT2D eigenvalue weighted by Gasteiger charge is 2.27. The van der Waals surface area contributed by atoms with Gasteiger partial charge in [-0.1, -0.05) is 31.1 Å². The number of hydrogen-bond acceptors (Lipinski definition) is 6. The summed E-state index contributed by atoms with van der Waals surface area (Å²) in [4.78, 5) is 5.53. The van der Waals surface area contributed by atoms with Crippen LogP contribution < -0.4 is 10.5 Å². The van der Waals surface area contributed by atoms with Crippen LogP contribution in [0.5, 0.6) is 5.75 Å². The van der Waals surface area contributed by atoms with Gasteiger partial charge in [-0.15, -0.1) is 11.8 Å². The Kier molecular flexibility index (Phi) is 3.67. The molecular formula is C14H17N3O2S. The van der Waals surface area contributed by atoms with Gasteiger partial charge in [0.05, 0.1) is 6.04 Å². The van der Waals surface area contributed by atoms with Crippen LogP contribution >= 0.6 is 11.8 Å². The fourth-order valence-electron chi connectivity index (χ4n) is 1.95. The molecule has 0 fully saturated rings. The molecule has 0 saturated heterocycles. The van der Waals surface area contributed by atoms with E-state index in [9.17, 15) is 0 Å². The summed E-state index contributed by atoms with van der Waals surface area (Å²) in [6, 6.07) is 7.73. The normalized spacial score (nSPS) is 19.5. The lowest BCUT2D eigenvalue weighted by molar-refractivity contribution is 0.204. The van der Waals surface area contributed by atoms with Crippen LogP contribution in [0, 0.1) is 5.92 Å². The van der Waals surface area contributed by atoms with Gasteiger partial charge < -0.3 is 15.0 Å². The molecule has 0 spiro atoms. The second-order valence-electron chi connectivity index (χ2n) is 5.12. The predicted octanol–water partition coefficient (Wildman–Crippen LogP) is 2.95. The topological polar surface area (TPSA) is 74.2 Å². The average Bonchev–Trinajstić information content (AvgIpc) is 2.95. The molecule has 2 aromatic rings. The number of aromatic nitrogens is 2. The van der Waals surface area contributed by atoms with Gasteiger partial charge in [-0.25, -0.2) is 0 Å². The van der Waals surface area contributed by atoms with Crippen molar-refractivity contribution in [2.24, 2.45) is 11.7 Å². The van der Waals surface area contributed by atoms with E-state index in [0.717, 1.165) is 16.4 Å². The maximum atomic E-state index is 6.01. The van der Waals surface area contributed by atoms with Gasteiger partial charge >= 0.3 is 0 Å². The number of hydrogen-bond donors (Lipinski definition) is 1. The van der Waals surface area contributed by atoms with Gasteiger partial charge in [0.25, 0.3) is 0 Å². The molecule has 3 rings (SSSR count). The second-order valence-corrected chi connectivity index (χ2v) is 6.19. The van der Waals surface area contributed by atoms with Crippen molar-refractivity contribution in [2.75, 3.05) is 5.75 Å². The molecule has 106 valence electrons. The maximum Gasteiger partial charge on any atom is 0.243 e. The van der Waals surface area contributed by atoms with E-state index in [1.165, 1.54) is 0 Å². The summed E-state index contributed by atoms with van der Waals surface area (Å²) in [7, 11) is 0. The van der Waals surface area contributed by atoms with Gasteiger partial charge in [0.15, 0.2) is 6.10 Å². The zero-order valence-corrected chi connectivity index (χ0v) is 12.3. The van der Waals surface area contributed by atoms with Gasteiger partial charge in [0, 0.05) is 10.6 Å². The van der Waals surface area contributed by atoms with E-state index >= 15 is 0 Å². The lowest BCUT2D eigenvalue weighted by Gasteiger charge is -2.22. The molecule has 2 atom stereocenters. The Morgan fingerprint density at radius 1 is 1.35 bits per heavy atom. The number of ether oxygens (including phenoxy) is 1. The quantitative estimate of drug-likeness (QED) is 0.937. The number of fused-ring (bicyclic) bond motifs is 1. The number of nitrogens with two attached hydrogens (primary N) is 1. The van der Waals surface area contributed by atoms with Crippen molar-refractivity contribution < 1.29 is 9.26 Å².